The lowest BCUT2D eigenvalue weighted by atomic mass is 10.1. The van der Waals surface area contributed by atoms with E-state index >= 15 is 0 Å². The molecule has 0 aliphatic carbocycles. The van der Waals surface area contributed by atoms with Crippen LogP contribution in [0, 0.1) is 0 Å². The zero-order valence-electron chi connectivity index (χ0n) is 11.0. The maximum absolute atomic E-state index is 12.6. The molecule has 5 heteroatoms. The van der Waals surface area contributed by atoms with Crippen LogP contribution < -0.4 is 0 Å². The quantitative estimate of drug-likeness (QED) is 0.651. The summed E-state index contributed by atoms with van der Waals surface area (Å²) in [4.78, 5) is 2.17. The van der Waals surface area contributed by atoms with Gasteiger partial charge in [0.1, 0.15) is 0 Å². The largest absolute Gasteiger partial charge is 0.416 e. The standard InChI is InChI=1S/C14H19BrF3N/c1-2-3-8-19(9-7-15)11-12-5-4-6-13(10-12)14(16,17)18/h4-6,10H,2-3,7-9,11H2,1H3. The summed E-state index contributed by atoms with van der Waals surface area (Å²) in [5.74, 6) is 0. The highest BCUT2D eigenvalue weighted by Gasteiger charge is 2.30. The van der Waals surface area contributed by atoms with Gasteiger partial charge in [-0.25, -0.2) is 0 Å². The SMILES string of the molecule is CCCCN(CCBr)Cc1cccc(C(F)(F)F)c1. The molecular formula is C14H19BrF3N. The van der Waals surface area contributed by atoms with Crippen molar-refractivity contribution in [1.29, 1.82) is 0 Å². The number of hydrogen-bond donors (Lipinski definition) is 0. The first kappa shape index (κ1) is 16.5. The van der Waals surface area contributed by atoms with Crippen molar-refractivity contribution in [2.75, 3.05) is 18.4 Å². The van der Waals surface area contributed by atoms with Gasteiger partial charge in [0.2, 0.25) is 0 Å². The average Bonchev–Trinajstić information content (AvgIpc) is 2.35. The lowest BCUT2D eigenvalue weighted by molar-refractivity contribution is -0.137. The number of alkyl halides is 4. The summed E-state index contributed by atoms with van der Waals surface area (Å²) in [6.07, 6.45) is -2.12. The monoisotopic (exact) mass is 337 g/mol. The minimum absolute atomic E-state index is 0.565. The Labute approximate surface area is 120 Å². The summed E-state index contributed by atoms with van der Waals surface area (Å²) in [6.45, 7) is 4.43. The Balaban J connectivity index is 2.73. The molecular weight excluding hydrogens is 319 g/mol. The molecule has 0 atom stereocenters. The predicted octanol–water partition coefficient (Wildman–Crippen LogP) is 4.70. The van der Waals surface area contributed by atoms with Crippen molar-refractivity contribution in [3.8, 4) is 0 Å². The first-order chi connectivity index (χ1) is 8.97. The Morgan fingerprint density at radius 2 is 1.95 bits per heavy atom. The molecule has 0 saturated heterocycles. The molecule has 19 heavy (non-hydrogen) atoms. The fraction of sp³-hybridized carbons (Fsp3) is 0.571. The lowest BCUT2D eigenvalue weighted by Gasteiger charge is -2.21. The van der Waals surface area contributed by atoms with Crippen LogP contribution in [0.3, 0.4) is 0 Å². The van der Waals surface area contributed by atoms with Crippen molar-refractivity contribution >= 4 is 15.9 Å². The van der Waals surface area contributed by atoms with Gasteiger partial charge in [-0.3, -0.25) is 4.90 Å². The van der Waals surface area contributed by atoms with Crippen molar-refractivity contribution in [1.82, 2.24) is 4.90 Å². The maximum Gasteiger partial charge on any atom is 0.416 e. The van der Waals surface area contributed by atoms with E-state index in [-0.39, 0.29) is 0 Å². The van der Waals surface area contributed by atoms with E-state index in [1.807, 2.05) is 0 Å². The summed E-state index contributed by atoms with van der Waals surface area (Å²) in [7, 11) is 0. The fourth-order valence-electron chi connectivity index (χ4n) is 1.88. The molecule has 0 fully saturated rings. The van der Waals surface area contributed by atoms with Crippen molar-refractivity contribution < 1.29 is 13.2 Å². The number of rotatable bonds is 7. The minimum Gasteiger partial charge on any atom is -0.298 e. The molecule has 0 bridgehead atoms. The number of unbranched alkanes of at least 4 members (excludes halogenated alkanes) is 1. The van der Waals surface area contributed by atoms with Crippen molar-refractivity contribution in [3.63, 3.8) is 0 Å². The van der Waals surface area contributed by atoms with Gasteiger partial charge in [0.15, 0.2) is 0 Å². The Kier molecular flexibility index (Phi) is 6.86. The highest BCUT2D eigenvalue weighted by molar-refractivity contribution is 9.09. The van der Waals surface area contributed by atoms with E-state index in [4.69, 9.17) is 0 Å². The molecule has 0 unspecified atom stereocenters. The summed E-state index contributed by atoms with van der Waals surface area (Å²) < 4.78 is 37.9. The van der Waals surface area contributed by atoms with Crippen LogP contribution in [0.1, 0.15) is 30.9 Å². The molecule has 1 aromatic carbocycles. The third kappa shape index (κ3) is 5.95. The smallest absolute Gasteiger partial charge is 0.298 e. The molecule has 1 rings (SSSR count). The van der Waals surface area contributed by atoms with Gasteiger partial charge in [0.05, 0.1) is 5.56 Å². The average molecular weight is 338 g/mol. The number of benzene rings is 1. The van der Waals surface area contributed by atoms with Gasteiger partial charge in [-0.15, -0.1) is 0 Å². The molecule has 0 N–H and O–H groups in total. The summed E-state index contributed by atoms with van der Waals surface area (Å²) in [5.41, 5.74) is 0.145. The third-order valence-corrected chi connectivity index (χ3v) is 3.24. The van der Waals surface area contributed by atoms with Crippen molar-refractivity contribution in [3.05, 3.63) is 35.4 Å². The van der Waals surface area contributed by atoms with Crippen LogP contribution in [0.4, 0.5) is 13.2 Å². The molecule has 1 nitrogen and oxygen atoms in total. The van der Waals surface area contributed by atoms with Crippen LogP contribution in [0.2, 0.25) is 0 Å². The van der Waals surface area contributed by atoms with E-state index < -0.39 is 11.7 Å². The van der Waals surface area contributed by atoms with Crippen LogP contribution in [0.15, 0.2) is 24.3 Å². The topological polar surface area (TPSA) is 3.24 Å². The Morgan fingerprint density at radius 3 is 2.53 bits per heavy atom. The molecule has 1 aromatic rings. The second-order valence-corrected chi connectivity index (χ2v) is 5.31. The molecule has 0 aliphatic heterocycles. The van der Waals surface area contributed by atoms with Gasteiger partial charge < -0.3 is 0 Å². The van der Waals surface area contributed by atoms with E-state index in [0.717, 1.165) is 37.3 Å². The van der Waals surface area contributed by atoms with Gasteiger partial charge in [-0.2, -0.15) is 13.2 Å². The zero-order chi connectivity index (χ0) is 14.3. The second-order valence-electron chi connectivity index (χ2n) is 4.52. The van der Waals surface area contributed by atoms with E-state index in [2.05, 4.69) is 27.8 Å². The van der Waals surface area contributed by atoms with Gasteiger partial charge in [0, 0.05) is 18.4 Å². The second kappa shape index (κ2) is 7.90. The van der Waals surface area contributed by atoms with Gasteiger partial charge in [-0.05, 0) is 24.6 Å². The predicted molar refractivity (Wildman–Crippen MR) is 75.4 cm³/mol. The molecule has 0 spiro atoms. The Morgan fingerprint density at radius 1 is 1.21 bits per heavy atom. The van der Waals surface area contributed by atoms with Crippen molar-refractivity contribution in [2.45, 2.75) is 32.5 Å². The Hall–Kier alpha value is -0.550. The van der Waals surface area contributed by atoms with E-state index in [9.17, 15) is 13.2 Å². The lowest BCUT2D eigenvalue weighted by Crippen LogP contribution is -2.26. The summed E-state index contributed by atoms with van der Waals surface area (Å²) >= 11 is 3.38. The van der Waals surface area contributed by atoms with Gasteiger partial charge >= 0.3 is 6.18 Å². The normalized spacial score (nSPS) is 12.1. The number of hydrogen-bond acceptors (Lipinski definition) is 1. The van der Waals surface area contributed by atoms with E-state index in [1.165, 1.54) is 12.1 Å². The number of halogens is 4. The van der Waals surface area contributed by atoms with Crippen LogP contribution in [-0.4, -0.2) is 23.3 Å². The Bertz CT molecular complexity index is 379. The van der Waals surface area contributed by atoms with Crippen LogP contribution >= 0.6 is 15.9 Å². The minimum atomic E-state index is -4.26. The highest BCUT2D eigenvalue weighted by Crippen LogP contribution is 2.29. The third-order valence-electron chi connectivity index (χ3n) is 2.89. The van der Waals surface area contributed by atoms with Crippen LogP contribution in [0.5, 0.6) is 0 Å². The zero-order valence-corrected chi connectivity index (χ0v) is 12.6. The first-order valence-electron chi connectivity index (χ1n) is 6.41. The fourth-order valence-corrected chi connectivity index (χ4v) is 2.38. The first-order valence-corrected chi connectivity index (χ1v) is 7.54. The van der Waals surface area contributed by atoms with Gasteiger partial charge in [0.25, 0.3) is 0 Å². The van der Waals surface area contributed by atoms with E-state index in [1.54, 1.807) is 6.07 Å². The van der Waals surface area contributed by atoms with Crippen molar-refractivity contribution in [2.24, 2.45) is 0 Å². The molecule has 0 heterocycles. The number of nitrogens with zero attached hydrogens (tertiary/aromatic N) is 1. The summed E-state index contributed by atoms with van der Waals surface area (Å²) in [5, 5.41) is 0.829. The summed E-state index contributed by atoms with van der Waals surface area (Å²) in [6, 6.07) is 5.59. The molecule has 0 radical (unpaired) electrons. The maximum atomic E-state index is 12.6. The molecule has 0 saturated carbocycles. The molecule has 0 aromatic heterocycles. The molecule has 0 aliphatic rings. The molecule has 108 valence electrons. The molecule has 0 amide bonds. The van der Waals surface area contributed by atoms with Gasteiger partial charge in [-0.1, -0.05) is 47.5 Å². The van der Waals surface area contributed by atoms with E-state index in [0.29, 0.717) is 12.1 Å². The highest BCUT2D eigenvalue weighted by atomic mass is 79.9. The van der Waals surface area contributed by atoms with Crippen LogP contribution in [0.25, 0.3) is 0 Å². The van der Waals surface area contributed by atoms with Crippen LogP contribution in [-0.2, 0) is 12.7 Å².